The molecule has 1 fully saturated rings. The molecule has 4 nitrogen and oxygen atoms in total. The molecule has 1 N–H and O–H groups in total. The van der Waals surface area contributed by atoms with Gasteiger partial charge >= 0.3 is 7.75 Å². The molecule has 0 saturated carbocycles. The van der Waals surface area contributed by atoms with E-state index >= 15 is 0 Å². The van der Waals surface area contributed by atoms with Crippen molar-refractivity contribution >= 4 is 7.75 Å². The van der Waals surface area contributed by atoms with Gasteiger partial charge in [0, 0.05) is 11.5 Å². The Morgan fingerprint density at radius 1 is 1.08 bits per heavy atom. The zero-order chi connectivity index (χ0) is 17.2. The Labute approximate surface area is 143 Å². The number of rotatable bonds is 4. The Morgan fingerprint density at radius 2 is 1.67 bits per heavy atom. The van der Waals surface area contributed by atoms with E-state index in [0.717, 1.165) is 11.1 Å². The summed E-state index contributed by atoms with van der Waals surface area (Å²) in [6.07, 6.45) is -0.284. The van der Waals surface area contributed by atoms with Gasteiger partial charge in [-0.3, -0.25) is 9.05 Å². The molecule has 0 unspecified atom stereocenters. The van der Waals surface area contributed by atoms with Crippen LogP contribution < -0.4 is 5.09 Å². The first-order valence-corrected chi connectivity index (χ1v) is 9.75. The molecule has 1 aliphatic rings. The van der Waals surface area contributed by atoms with E-state index in [0.29, 0.717) is 6.61 Å². The quantitative estimate of drug-likeness (QED) is 0.768. The highest BCUT2D eigenvalue weighted by Crippen LogP contribution is 2.59. The first kappa shape index (κ1) is 17.4. The van der Waals surface area contributed by atoms with E-state index in [1.165, 1.54) is 0 Å². The zero-order valence-corrected chi connectivity index (χ0v) is 15.2. The average molecular weight is 345 g/mol. The van der Waals surface area contributed by atoms with Crippen LogP contribution in [0, 0.1) is 5.41 Å². The molecule has 0 aliphatic carbocycles. The van der Waals surface area contributed by atoms with E-state index in [-0.39, 0.29) is 17.6 Å². The van der Waals surface area contributed by atoms with Crippen molar-refractivity contribution in [1.29, 1.82) is 0 Å². The van der Waals surface area contributed by atoms with Crippen LogP contribution in [0.3, 0.4) is 0 Å². The SMILES string of the molecule is C[C@H](N[P@@]1(=O)OCC(C)(C)[C@@H](c2ccccc2)O1)c1ccccc1. The summed E-state index contributed by atoms with van der Waals surface area (Å²) in [5, 5.41) is 3.06. The fraction of sp³-hybridized carbons (Fsp3) is 0.368. The Bertz CT molecular complexity index is 718. The van der Waals surface area contributed by atoms with Crippen molar-refractivity contribution in [2.45, 2.75) is 32.9 Å². The summed E-state index contributed by atoms with van der Waals surface area (Å²) >= 11 is 0. The van der Waals surface area contributed by atoms with Gasteiger partial charge in [0.25, 0.3) is 0 Å². The molecule has 2 aromatic rings. The molecule has 0 spiro atoms. The minimum absolute atomic E-state index is 0.130. The molecule has 24 heavy (non-hydrogen) atoms. The van der Waals surface area contributed by atoms with Gasteiger partial charge in [0.1, 0.15) is 6.10 Å². The molecule has 1 saturated heterocycles. The van der Waals surface area contributed by atoms with Gasteiger partial charge in [0.2, 0.25) is 0 Å². The summed E-state index contributed by atoms with van der Waals surface area (Å²) in [5.74, 6) is 0. The zero-order valence-electron chi connectivity index (χ0n) is 14.3. The molecule has 0 amide bonds. The lowest BCUT2D eigenvalue weighted by Crippen LogP contribution is -2.36. The van der Waals surface area contributed by atoms with Crippen LogP contribution in [0.2, 0.25) is 0 Å². The molecule has 2 aromatic carbocycles. The first-order chi connectivity index (χ1) is 11.4. The minimum atomic E-state index is -3.39. The van der Waals surface area contributed by atoms with Crippen LogP contribution in [-0.4, -0.2) is 6.61 Å². The van der Waals surface area contributed by atoms with Crippen LogP contribution in [0.1, 0.15) is 44.0 Å². The van der Waals surface area contributed by atoms with Crippen molar-refractivity contribution in [3.8, 4) is 0 Å². The first-order valence-electron chi connectivity index (χ1n) is 8.20. The number of nitrogens with one attached hydrogen (secondary N) is 1. The van der Waals surface area contributed by atoms with Crippen molar-refractivity contribution in [1.82, 2.24) is 5.09 Å². The summed E-state index contributed by atoms with van der Waals surface area (Å²) < 4.78 is 24.8. The third-order valence-electron chi connectivity index (χ3n) is 4.31. The maximum atomic E-state index is 13.1. The lowest BCUT2D eigenvalue weighted by molar-refractivity contribution is -0.0308. The van der Waals surface area contributed by atoms with E-state index in [1.807, 2.05) is 67.6 Å². The van der Waals surface area contributed by atoms with Crippen molar-refractivity contribution in [2.75, 3.05) is 6.61 Å². The molecule has 1 aliphatic heterocycles. The largest absolute Gasteiger partial charge is 0.406 e. The number of benzene rings is 2. The molecule has 3 rings (SSSR count). The highest BCUT2D eigenvalue weighted by atomic mass is 31.2. The van der Waals surface area contributed by atoms with Crippen molar-refractivity contribution < 1.29 is 13.6 Å². The maximum absolute atomic E-state index is 13.1. The molecule has 5 heteroatoms. The lowest BCUT2D eigenvalue weighted by atomic mass is 9.83. The second-order valence-electron chi connectivity index (χ2n) is 6.92. The van der Waals surface area contributed by atoms with Crippen LogP contribution >= 0.6 is 7.75 Å². The van der Waals surface area contributed by atoms with Gasteiger partial charge in [-0.05, 0) is 18.1 Å². The lowest BCUT2D eigenvalue weighted by Gasteiger charge is -2.42. The Hall–Kier alpha value is -1.45. The van der Waals surface area contributed by atoms with E-state index in [2.05, 4.69) is 18.9 Å². The van der Waals surface area contributed by atoms with Gasteiger partial charge in [-0.25, -0.2) is 9.65 Å². The van der Waals surface area contributed by atoms with E-state index < -0.39 is 7.75 Å². The molecule has 0 aromatic heterocycles. The standard InChI is InChI=1S/C19H24NO3P/c1-15(16-10-6-4-7-11-16)20-24(21)22-14-19(2,3)18(23-24)17-12-8-5-9-13-17/h4-13,15,18H,14H2,1-3H3,(H,20,21)/t15-,18+,24+/m0/s1. The van der Waals surface area contributed by atoms with Crippen molar-refractivity contribution in [2.24, 2.45) is 5.41 Å². The van der Waals surface area contributed by atoms with Crippen LogP contribution in [0.15, 0.2) is 60.7 Å². The molecular formula is C19H24NO3P. The number of hydrogen-bond donors (Lipinski definition) is 1. The van der Waals surface area contributed by atoms with Gasteiger partial charge in [-0.15, -0.1) is 0 Å². The van der Waals surface area contributed by atoms with Gasteiger partial charge in [0.15, 0.2) is 0 Å². The monoisotopic (exact) mass is 345 g/mol. The predicted molar refractivity (Wildman–Crippen MR) is 95.6 cm³/mol. The van der Waals surface area contributed by atoms with Gasteiger partial charge in [-0.2, -0.15) is 0 Å². The average Bonchev–Trinajstić information content (AvgIpc) is 2.59. The fourth-order valence-electron chi connectivity index (χ4n) is 2.90. The van der Waals surface area contributed by atoms with Crippen LogP contribution in [0.5, 0.6) is 0 Å². The van der Waals surface area contributed by atoms with Crippen LogP contribution in [0.25, 0.3) is 0 Å². The molecule has 128 valence electrons. The van der Waals surface area contributed by atoms with Gasteiger partial charge in [0.05, 0.1) is 6.61 Å². The topological polar surface area (TPSA) is 47.6 Å². The molecular weight excluding hydrogens is 321 g/mol. The highest BCUT2D eigenvalue weighted by Gasteiger charge is 2.45. The third-order valence-corrected chi connectivity index (χ3v) is 5.98. The predicted octanol–water partition coefficient (Wildman–Crippen LogP) is 5.26. The summed E-state index contributed by atoms with van der Waals surface area (Å²) in [7, 11) is -3.39. The van der Waals surface area contributed by atoms with E-state index in [1.54, 1.807) is 0 Å². The summed E-state index contributed by atoms with van der Waals surface area (Å²) in [6.45, 7) is 6.46. The Balaban J connectivity index is 1.80. The van der Waals surface area contributed by atoms with Crippen LogP contribution in [0.4, 0.5) is 0 Å². The third kappa shape index (κ3) is 3.79. The van der Waals surface area contributed by atoms with Crippen molar-refractivity contribution in [3.05, 3.63) is 71.8 Å². The smallest absolute Gasteiger partial charge is 0.296 e. The van der Waals surface area contributed by atoms with E-state index in [4.69, 9.17) is 9.05 Å². The van der Waals surface area contributed by atoms with Gasteiger partial charge < -0.3 is 0 Å². The maximum Gasteiger partial charge on any atom is 0.406 e. The van der Waals surface area contributed by atoms with E-state index in [9.17, 15) is 4.57 Å². The second kappa shape index (κ2) is 6.81. The number of hydrogen-bond acceptors (Lipinski definition) is 3. The van der Waals surface area contributed by atoms with Crippen molar-refractivity contribution in [3.63, 3.8) is 0 Å². The summed E-state index contributed by atoms with van der Waals surface area (Å²) in [4.78, 5) is 0. The fourth-order valence-corrected chi connectivity index (χ4v) is 4.91. The normalized spacial score (nSPS) is 27.5. The molecule has 0 radical (unpaired) electrons. The van der Waals surface area contributed by atoms with Crippen LogP contribution in [-0.2, 0) is 13.6 Å². The summed E-state index contributed by atoms with van der Waals surface area (Å²) in [6, 6.07) is 19.6. The Morgan fingerprint density at radius 3 is 2.29 bits per heavy atom. The van der Waals surface area contributed by atoms with Gasteiger partial charge in [-0.1, -0.05) is 74.5 Å². The molecule has 0 bridgehead atoms. The summed E-state index contributed by atoms with van der Waals surface area (Å²) in [5.41, 5.74) is 1.80. The second-order valence-corrected chi connectivity index (χ2v) is 8.64. The molecule has 1 heterocycles. The Kier molecular flexibility index (Phi) is 4.93. The highest BCUT2D eigenvalue weighted by molar-refractivity contribution is 7.51. The minimum Gasteiger partial charge on any atom is -0.296 e. The molecule has 3 atom stereocenters.